The fourth-order valence-electron chi connectivity index (χ4n) is 2.94. The normalized spacial score (nSPS) is 31.4. The number of ether oxygens (including phenoxy) is 2. The minimum Gasteiger partial charge on any atom is -0.462 e. The van der Waals surface area contributed by atoms with Gasteiger partial charge in [0.05, 0.1) is 0 Å². The number of hydrogen-bond acceptors (Lipinski definition) is 4. The highest BCUT2D eigenvalue weighted by atomic mass is 16.6. The summed E-state index contributed by atoms with van der Waals surface area (Å²) in [7, 11) is 1.67. The molecule has 2 aliphatic rings. The third-order valence-corrected chi connectivity index (χ3v) is 3.97. The first-order valence-corrected chi connectivity index (χ1v) is 6.21. The van der Waals surface area contributed by atoms with Crippen molar-refractivity contribution in [2.45, 2.75) is 12.1 Å². The third-order valence-electron chi connectivity index (χ3n) is 3.97. The summed E-state index contributed by atoms with van der Waals surface area (Å²) in [6, 6.07) is 10.3. The molecule has 4 heteroatoms. The molecule has 2 aliphatic heterocycles. The van der Waals surface area contributed by atoms with Crippen LogP contribution in [0.3, 0.4) is 0 Å². The average Bonchev–Trinajstić information content (AvgIpc) is 2.89. The summed E-state index contributed by atoms with van der Waals surface area (Å²) in [4.78, 5) is 14.0. The van der Waals surface area contributed by atoms with Crippen LogP contribution in [0.1, 0.15) is 5.56 Å². The van der Waals surface area contributed by atoms with E-state index in [-0.39, 0.29) is 11.9 Å². The molecule has 96 valence electrons. The lowest BCUT2D eigenvalue weighted by Gasteiger charge is -2.24. The van der Waals surface area contributed by atoms with Crippen molar-refractivity contribution in [3.05, 3.63) is 35.9 Å². The number of methoxy groups -OCH3 is 1. The van der Waals surface area contributed by atoms with Crippen LogP contribution in [0.4, 0.5) is 0 Å². The Bertz CT molecular complexity index is 448. The van der Waals surface area contributed by atoms with Gasteiger partial charge in [-0.05, 0) is 5.56 Å². The summed E-state index contributed by atoms with van der Waals surface area (Å²) in [6.45, 7) is 2.73. The number of likely N-dealkylation sites (tertiary alicyclic amines) is 1. The van der Waals surface area contributed by atoms with Crippen molar-refractivity contribution in [1.29, 1.82) is 0 Å². The molecule has 0 saturated carbocycles. The van der Waals surface area contributed by atoms with E-state index in [2.05, 4.69) is 17.0 Å². The minimum atomic E-state index is -0.425. The second-order valence-electron chi connectivity index (χ2n) is 5.08. The van der Waals surface area contributed by atoms with Gasteiger partial charge in [-0.1, -0.05) is 30.3 Å². The SMILES string of the molecule is COC12COC(=O)C1CN(Cc1ccccc1)C2. The molecule has 4 nitrogen and oxygen atoms in total. The topological polar surface area (TPSA) is 38.8 Å². The van der Waals surface area contributed by atoms with Gasteiger partial charge in [-0.15, -0.1) is 0 Å². The van der Waals surface area contributed by atoms with Gasteiger partial charge in [0, 0.05) is 26.7 Å². The lowest BCUT2D eigenvalue weighted by atomic mass is 9.94. The summed E-state index contributed by atoms with van der Waals surface area (Å²) < 4.78 is 10.7. The van der Waals surface area contributed by atoms with E-state index in [1.807, 2.05) is 18.2 Å². The predicted octanol–water partition coefficient (Wildman–Crippen LogP) is 1.06. The molecular weight excluding hydrogens is 230 g/mol. The van der Waals surface area contributed by atoms with E-state index in [1.54, 1.807) is 7.11 Å². The standard InChI is InChI=1S/C14H17NO3/c1-17-14-9-15(7-11-5-3-2-4-6-11)8-12(14)13(16)18-10-14/h2-6,12H,7-10H2,1H3. The van der Waals surface area contributed by atoms with Crippen LogP contribution in [0.15, 0.2) is 30.3 Å². The molecule has 0 radical (unpaired) electrons. The zero-order valence-electron chi connectivity index (χ0n) is 10.5. The summed E-state index contributed by atoms with van der Waals surface area (Å²) in [5.41, 5.74) is 0.836. The molecule has 1 aromatic carbocycles. The van der Waals surface area contributed by atoms with Crippen LogP contribution in [0.2, 0.25) is 0 Å². The van der Waals surface area contributed by atoms with Crippen LogP contribution in [-0.4, -0.2) is 43.3 Å². The van der Waals surface area contributed by atoms with Gasteiger partial charge < -0.3 is 9.47 Å². The monoisotopic (exact) mass is 247 g/mol. The van der Waals surface area contributed by atoms with Crippen LogP contribution in [0.25, 0.3) is 0 Å². The Labute approximate surface area is 106 Å². The largest absolute Gasteiger partial charge is 0.462 e. The van der Waals surface area contributed by atoms with Crippen molar-refractivity contribution in [3.8, 4) is 0 Å². The van der Waals surface area contributed by atoms with Crippen molar-refractivity contribution in [1.82, 2.24) is 4.90 Å². The summed E-state index contributed by atoms with van der Waals surface area (Å²) in [6.07, 6.45) is 0. The number of benzene rings is 1. The summed E-state index contributed by atoms with van der Waals surface area (Å²) in [5, 5.41) is 0. The van der Waals surface area contributed by atoms with E-state index in [9.17, 15) is 4.79 Å². The number of hydrogen-bond donors (Lipinski definition) is 0. The van der Waals surface area contributed by atoms with Gasteiger partial charge in [-0.2, -0.15) is 0 Å². The number of carbonyl (C=O) groups excluding carboxylic acids is 1. The molecular formula is C14H17NO3. The molecule has 3 rings (SSSR count). The Morgan fingerprint density at radius 3 is 2.89 bits per heavy atom. The molecule has 0 aliphatic carbocycles. The maximum atomic E-state index is 11.7. The summed E-state index contributed by atoms with van der Waals surface area (Å²) in [5.74, 6) is -0.251. The van der Waals surface area contributed by atoms with Crippen LogP contribution in [0.5, 0.6) is 0 Å². The van der Waals surface area contributed by atoms with Crippen molar-refractivity contribution in [2.75, 3.05) is 26.8 Å². The Kier molecular flexibility index (Phi) is 2.84. The summed E-state index contributed by atoms with van der Waals surface area (Å²) >= 11 is 0. The second-order valence-corrected chi connectivity index (χ2v) is 5.08. The fourth-order valence-corrected chi connectivity index (χ4v) is 2.94. The van der Waals surface area contributed by atoms with Crippen LogP contribution in [0, 0.1) is 5.92 Å². The smallest absolute Gasteiger partial charge is 0.313 e. The average molecular weight is 247 g/mol. The second kappa shape index (κ2) is 4.37. The third kappa shape index (κ3) is 1.82. The first-order valence-electron chi connectivity index (χ1n) is 6.21. The highest BCUT2D eigenvalue weighted by molar-refractivity contribution is 5.77. The molecule has 2 atom stereocenters. The van der Waals surface area contributed by atoms with E-state index in [0.29, 0.717) is 6.61 Å². The van der Waals surface area contributed by atoms with Gasteiger partial charge in [0.1, 0.15) is 18.1 Å². The Morgan fingerprint density at radius 1 is 1.44 bits per heavy atom. The fraction of sp³-hybridized carbons (Fsp3) is 0.500. The Morgan fingerprint density at radius 2 is 2.22 bits per heavy atom. The van der Waals surface area contributed by atoms with Crippen LogP contribution in [-0.2, 0) is 20.8 Å². The molecule has 0 aromatic heterocycles. The van der Waals surface area contributed by atoms with E-state index in [1.165, 1.54) is 5.56 Å². The number of cyclic esters (lactones) is 1. The molecule has 0 N–H and O–H groups in total. The van der Waals surface area contributed by atoms with Crippen molar-refractivity contribution < 1.29 is 14.3 Å². The van der Waals surface area contributed by atoms with E-state index in [0.717, 1.165) is 19.6 Å². The van der Waals surface area contributed by atoms with Crippen molar-refractivity contribution in [2.24, 2.45) is 5.92 Å². The molecule has 18 heavy (non-hydrogen) atoms. The minimum absolute atomic E-state index is 0.118. The number of rotatable bonds is 3. The molecule has 0 amide bonds. The lowest BCUT2D eigenvalue weighted by Crippen LogP contribution is -2.40. The van der Waals surface area contributed by atoms with Crippen molar-refractivity contribution >= 4 is 5.97 Å². The highest BCUT2D eigenvalue weighted by Crippen LogP contribution is 2.37. The van der Waals surface area contributed by atoms with Crippen LogP contribution >= 0.6 is 0 Å². The zero-order valence-corrected chi connectivity index (χ0v) is 10.5. The molecule has 2 heterocycles. The van der Waals surface area contributed by atoms with Gasteiger partial charge in [-0.3, -0.25) is 9.69 Å². The van der Waals surface area contributed by atoms with Gasteiger partial charge in [0.25, 0.3) is 0 Å². The van der Waals surface area contributed by atoms with Gasteiger partial charge in [0.15, 0.2) is 0 Å². The number of esters is 1. The molecule has 0 spiro atoms. The Balaban J connectivity index is 1.73. The Hall–Kier alpha value is -1.39. The molecule has 2 fully saturated rings. The molecule has 1 aromatic rings. The van der Waals surface area contributed by atoms with Gasteiger partial charge >= 0.3 is 5.97 Å². The number of nitrogens with zero attached hydrogens (tertiary/aromatic N) is 1. The molecule has 0 bridgehead atoms. The maximum Gasteiger partial charge on any atom is 0.313 e. The van der Waals surface area contributed by atoms with E-state index < -0.39 is 5.60 Å². The number of fused-ring (bicyclic) bond motifs is 1. The first-order chi connectivity index (χ1) is 8.73. The lowest BCUT2D eigenvalue weighted by molar-refractivity contribution is -0.141. The van der Waals surface area contributed by atoms with E-state index >= 15 is 0 Å². The van der Waals surface area contributed by atoms with E-state index in [4.69, 9.17) is 9.47 Å². The van der Waals surface area contributed by atoms with Gasteiger partial charge in [0.2, 0.25) is 0 Å². The number of carbonyl (C=O) groups is 1. The van der Waals surface area contributed by atoms with Crippen molar-refractivity contribution in [3.63, 3.8) is 0 Å². The predicted molar refractivity (Wildman–Crippen MR) is 65.9 cm³/mol. The quantitative estimate of drug-likeness (QED) is 0.749. The molecule has 2 saturated heterocycles. The zero-order chi connectivity index (χ0) is 12.6. The first kappa shape index (κ1) is 11.7. The van der Waals surface area contributed by atoms with Crippen LogP contribution < -0.4 is 0 Å². The molecule has 2 unspecified atom stereocenters. The maximum absolute atomic E-state index is 11.7. The highest BCUT2D eigenvalue weighted by Gasteiger charge is 2.56. The van der Waals surface area contributed by atoms with Gasteiger partial charge in [-0.25, -0.2) is 0 Å².